The highest BCUT2D eigenvalue weighted by atomic mass is 35.5. The van der Waals surface area contributed by atoms with Gasteiger partial charge in [-0.15, -0.1) is 0 Å². The normalized spacial score (nSPS) is 11.8. The zero-order valence-electron chi connectivity index (χ0n) is 11.3. The van der Waals surface area contributed by atoms with Crippen molar-refractivity contribution in [1.82, 2.24) is 0 Å². The van der Waals surface area contributed by atoms with E-state index in [0.29, 0.717) is 27.0 Å². The molecule has 0 aliphatic rings. The van der Waals surface area contributed by atoms with Crippen LogP contribution in [0.1, 0.15) is 11.6 Å². The summed E-state index contributed by atoms with van der Waals surface area (Å²) < 4.78 is 4.83. The number of nitrogens with one attached hydrogen (secondary N) is 1. The number of hydrogen-bond acceptors (Lipinski definition) is 4. The molecular weight excluding hydrogens is 311 g/mol. The van der Waals surface area contributed by atoms with E-state index in [0.717, 1.165) is 0 Å². The van der Waals surface area contributed by atoms with Crippen LogP contribution in [0.25, 0.3) is 0 Å². The second-order valence-electron chi connectivity index (χ2n) is 4.39. The first kappa shape index (κ1) is 15.5. The Morgan fingerprint density at radius 3 is 2.62 bits per heavy atom. The molecule has 110 valence electrons. The highest BCUT2D eigenvalue weighted by Gasteiger charge is 2.23. The molecular formula is C15H14Cl2N2O2. The molecule has 0 fully saturated rings. The number of hydrogen-bond donors (Lipinski definition) is 2. The summed E-state index contributed by atoms with van der Waals surface area (Å²) >= 11 is 12.1. The van der Waals surface area contributed by atoms with Gasteiger partial charge in [-0.3, -0.25) is 0 Å². The van der Waals surface area contributed by atoms with Gasteiger partial charge >= 0.3 is 5.97 Å². The second-order valence-corrected chi connectivity index (χ2v) is 5.24. The van der Waals surface area contributed by atoms with Crippen LogP contribution in [-0.2, 0) is 9.53 Å². The maximum atomic E-state index is 12.0. The molecule has 3 N–H and O–H groups in total. The Morgan fingerprint density at radius 1 is 1.24 bits per heavy atom. The van der Waals surface area contributed by atoms with Gasteiger partial charge in [0.25, 0.3) is 0 Å². The highest BCUT2D eigenvalue weighted by molar-refractivity contribution is 6.32. The molecule has 0 heterocycles. The van der Waals surface area contributed by atoms with Crippen LogP contribution in [0.2, 0.25) is 10.0 Å². The van der Waals surface area contributed by atoms with Gasteiger partial charge in [-0.25, -0.2) is 4.79 Å². The van der Waals surface area contributed by atoms with Crippen LogP contribution in [0.3, 0.4) is 0 Å². The molecule has 0 saturated carbocycles. The molecule has 0 saturated heterocycles. The average Bonchev–Trinajstić information content (AvgIpc) is 2.45. The molecule has 0 spiro atoms. The number of ether oxygens (including phenoxy) is 1. The minimum atomic E-state index is -0.749. The average molecular weight is 325 g/mol. The Balaban J connectivity index is 2.37. The van der Waals surface area contributed by atoms with Crippen molar-refractivity contribution < 1.29 is 9.53 Å². The fraction of sp³-hybridized carbons (Fsp3) is 0.133. The van der Waals surface area contributed by atoms with Crippen molar-refractivity contribution in [2.45, 2.75) is 6.04 Å². The number of carbonyl (C=O) groups is 1. The van der Waals surface area contributed by atoms with E-state index in [2.05, 4.69) is 5.32 Å². The molecule has 1 atom stereocenters. The van der Waals surface area contributed by atoms with Gasteiger partial charge in [0, 0.05) is 27.0 Å². The lowest BCUT2D eigenvalue weighted by Crippen LogP contribution is -2.22. The van der Waals surface area contributed by atoms with Crippen molar-refractivity contribution in [2.75, 3.05) is 18.2 Å². The molecule has 0 radical (unpaired) electrons. The van der Waals surface area contributed by atoms with Crippen LogP contribution < -0.4 is 11.1 Å². The van der Waals surface area contributed by atoms with Crippen LogP contribution in [-0.4, -0.2) is 13.1 Å². The van der Waals surface area contributed by atoms with E-state index in [4.69, 9.17) is 33.7 Å². The summed E-state index contributed by atoms with van der Waals surface area (Å²) in [5.74, 6) is -0.457. The second kappa shape index (κ2) is 6.70. The van der Waals surface area contributed by atoms with Crippen LogP contribution in [0.5, 0.6) is 0 Å². The minimum absolute atomic E-state index is 0.389. The Kier molecular flexibility index (Phi) is 4.94. The SMILES string of the molecule is COC(=O)C(Nc1cccc(Cl)c1)c1ccc(N)cc1Cl. The number of nitrogen functional groups attached to an aromatic ring is 1. The lowest BCUT2D eigenvalue weighted by Gasteiger charge is -2.19. The van der Waals surface area contributed by atoms with Crippen molar-refractivity contribution in [3.05, 3.63) is 58.1 Å². The molecule has 0 amide bonds. The van der Waals surface area contributed by atoms with Gasteiger partial charge in [0.05, 0.1) is 7.11 Å². The maximum Gasteiger partial charge on any atom is 0.333 e. The summed E-state index contributed by atoms with van der Waals surface area (Å²) in [5.41, 5.74) is 7.46. The van der Waals surface area contributed by atoms with Gasteiger partial charge in [-0.2, -0.15) is 0 Å². The van der Waals surface area contributed by atoms with Gasteiger partial charge < -0.3 is 15.8 Å². The van der Waals surface area contributed by atoms with E-state index in [9.17, 15) is 4.79 Å². The van der Waals surface area contributed by atoms with Gasteiger partial charge in [-0.1, -0.05) is 35.3 Å². The molecule has 0 aromatic heterocycles. The van der Waals surface area contributed by atoms with E-state index in [-0.39, 0.29) is 0 Å². The lowest BCUT2D eigenvalue weighted by molar-refractivity contribution is -0.141. The first-order valence-corrected chi connectivity index (χ1v) is 6.91. The smallest absolute Gasteiger partial charge is 0.333 e. The number of methoxy groups -OCH3 is 1. The molecule has 2 aromatic carbocycles. The van der Waals surface area contributed by atoms with Crippen LogP contribution in [0, 0.1) is 0 Å². The minimum Gasteiger partial charge on any atom is -0.467 e. The Hall–Kier alpha value is -1.91. The van der Waals surface area contributed by atoms with Crippen molar-refractivity contribution >= 4 is 40.5 Å². The number of anilines is 2. The standard InChI is InChI=1S/C15H14Cl2N2O2/c1-21-15(20)14(12-6-5-10(18)8-13(12)17)19-11-4-2-3-9(16)7-11/h2-8,14,19H,18H2,1H3. The summed E-state index contributed by atoms with van der Waals surface area (Å²) in [7, 11) is 1.32. The van der Waals surface area contributed by atoms with Crippen LogP contribution in [0.4, 0.5) is 11.4 Å². The molecule has 6 heteroatoms. The molecule has 1 unspecified atom stereocenters. The monoisotopic (exact) mass is 324 g/mol. The van der Waals surface area contributed by atoms with E-state index in [1.54, 1.807) is 42.5 Å². The molecule has 4 nitrogen and oxygen atoms in total. The zero-order valence-corrected chi connectivity index (χ0v) is 12.8. The molecule has 0 aliphatic heterocycles. The summed E-state index contributed by atoms with van der Waals surface area (Å²) in [6, 6.07) is 11.2. The quantitative estimate of drug-likeness (QED) is 0.661. The van der Waals surface area contributed by atoms with Crippen molar-refractivity contribution in [3.8, 4) is 0 Å². The first-order chi connectivity index (χ1) is 10.0. The van der Waals surface area contributed by atoms with Crippen LogP contribution in [0.15, 0.2) is 42.5 Å². The zero-order chi connectivity index (χ0) is 15.4. The summed E-state index contributed by atoms with van der Waals surface area (Å²) in [6.45, 7) is 0. The van der Waals surface area contributed by atoms with Crippen LogP contribution >= 0.6 is 23.2 Å². The highest BCUT2D eigenvalue weighted by Crippen LogP contribution is 2.29. The third kappa shape index (κ3) is 3.80. The van der Waals surface area contributed by atoms with E-state index in [1.807, 2.05) is 0 Å². The van der Waals surface area contributed by atoms with Crippen molar-refractivity contribution in [3.63, 3.8) is 0 Å². The van der Waals surface area contributed by atoms with E-state index < -0.39 is 12.0 Å². The predicted octanol–water partition coefficient (Wildman–Crippen LogP) is 3.90. The lowest BCUT2D eigenvalue weighted by atomic mass is 10.1. The number of nitrogens with two attached hydrogens (primary N) is 1. The first-order valence-electron chi connectivity index (χ1n) is 6.16. The van der Waals surface area contributed by atoms with Gasteiger partial charge in [0.15, 0.2) is 6.04 Å². The molecule has 2 aromatic rings. The number of halogens is 2. The number of benzene rings is 2. The largest absolute Gasteiger partial charge is 0.467 e. The third-order valence-corrected chi connectivity index (χ3v) is 3.47. The molecule has 0 bridgehead atoms. The summed E-state index contributed by atoms with van der Waals surface area (Å²) in [5, 5.41) is 4.01. The fourth-order valence-corrected chi connectivity index (χ4v) is 2.39. The van der Waals surface area contributed by atoms with Gasteiger partial charge in [-0.05, 0) is 30.3 Å². The number of rotatable bonds is 4. The van der Waals surface area contributed by atoms with E-state index >= 15 is 0 Å². The number of carbonyl (C=O) groups excluding carboxylic acids is 1. The number of esters is 1. The topological polar surface area (TPSA) is 64.3 Å². The Labute approximate surface area is 132 Å². The van der Waals surface area contributed by atoms with E-state index in [1.165, 1.54) is 7.11 Å². The third-order valence-electron chi connectivity index (χ3n) is 2.91. The van der Waals surface area contributed by atoms with Crippen molar-refractivity contribution in [2.24, 2.45) is 0 Å². The summed E-state index contributed by atoms with van der Waals surface area (Å²) in [6.07, 6.45) is 0. The molecule has 2 rings (SSSR count). The Bertz CT molecular complexity index is 662. The van der Waals surface area contributed by atoms with Gasteiger partial charge in [0.1, 0.15) is 0 Å². The van der Waals surface area contributed by atoms with Crippen molar-refractivity contribution in [1.29, 1.82) is 0 Å². The maximum absolute atomic E-state index is 12.0. The Morgan fingerprint density at radius 2 is 2.00 bits per heavy atom. The summed E-state index contributed by atoms with van der Waals surface area (Å²) in [4.78, 5) is 12.0. The molecule has 0 aliphatic carbocycles. The predicted molar refractivity (Wildman–Crippen MR) is 85.7 cm³/mol. The fourth-order valence-electron chi connectivity index (χ4n) is 1.90. The van der Waals surface area contributed by atoms with Gasteiger partial charge in [0.2, 0.25) is 0 Å². The molecule has 21 heavy (non-hydrogen) atoms.